The van der Waals surface area contributed by atoms with Gasteiger partial charge in [0.15, 0.2) is 0 Å². The molecule has 32 heavy (non-hydrogen) atoms. The van der Waals surface area contributed by atoms with Gasteiger partial charge >= 0.3 is 0 Å². The third-order valence-electron chi connectivity index (χ3n) is 6.24. The van der Waals surface area contributed by atoms with Crippen molar-refractivity contribution in [2.75, 3.05) is 0 Å². The Morgan fingerprint density at radius 2 is 1.22 bits per heavy atom. The minimum Gasteiger partial charge on any atom is -0.309 e. The number of para-hydroxylation sites is 2. The van der Waals surface area contributed by atoms with Crippen LogP contribution in [0.3, 0.4) is 0 Å². The lowest BCUT2D eigenvalue weighted by Gasteiger charge is -2.12. The molecule has 1 aromatic heterocycles. The summed E-state index contributed by atoms with van der Waals surface area (Å²) in [5, 5.41) is 2.56. The van der Waals surface area contributed by atoms with Crippen LogP contribution in [0.15, 0.2) is 121 Å². The van der Waals surface area contributed by atoms with Gasteiger partial charge in [-0.15, -0.1) is 0 Å². The van der Waals surface area contributed by atoms with Gasteiger partial charge in [-0.25, -0.2) is 0 Å². The fourth-order valence-electron chi connectivity index (χ4n) is 4.77. The molecule has 1 heteroatoms. The molecule has 152 valence electrons. The Hall–Kier alpha value is -4.10. The SMILES string of the molecule is Cc1cccc(-c2cccc3c4cc(-c5ccccc5)ccc4n(-c4ccccc4)c23)c1. The molecule has 5 aromatic carbocycles. The summed E-state index contributed by atoms with van der Waals surface area (Å²) < 4.78 is 2.41. The van der Waals surface area contributed by atoms with Gasteiger partial charge in [-0.05, 0) is 47.9 Å². The van der Waals surface area contributed by atoms with Crippen LogP contribution < -0.4 is 0 Å². The summed E-state index contributed by atoms with van der Waals surface area (Å²) in [5.74, 6) is 0. The molecular weight excluding hydrogens is 386 g/mol. The summed E-state index contributed by atoms with van der Waals surface area (Å²) in [7, 11) is 0. The molecule has 1 nitrogen and oxygen atoms in total. The molecule has 0 unspecified atom stereocenters. The van der Waals surface area contributed by atoms with Crippen LogP contribution in [0.25, 0.3) is 49.7 Å². The molecule has 0 spiro atoms. The highest BCUT2D eigenvalue weighted by Crippen LogP contribution is 2.39. The Morgan fingerprint density at radius 1 is 0.500 bits per heavy atom. The number of nitrogens with zero attached hydrogens (tertiary/aromatic N) is 1. The quantitative estimate of drug-likeness (QED) is 0.276. The van der Waals surface area contributed by atoms with Gasteiger partial charge in [0.1, 0.15) is 0 Å². The predicted octanol–water partition coefficient (Wildman–Crippen LogP) is 8.43. The van der Waals surface area contributed by atoms with Crippen LogP contribution in [0.1, 0.15) is 5.56 Å². The molecule has 1 heterocycles. The van der Waals surface area contributed by atoms with Crippen molar-refractivity contribution in [1.29, 1.82) is 0 Å². The molecule has 6 aromatic rings. The second kappa shape index (κ2) is 7.55. The minimum atomic E-state index is 1.18. The largest absolute Gasteiger partial charge is 0.309 e. The van der Waals surface area contributed by atoms with Crippen molar-refractivity contribution in [2.45, 2.75) is 6.92 Å². The third-order valence-corrected chi connectivity index (χ3v) is 6.24. The average Bonchev–Trinajstić information content (AvgIpc) is 3.19. The number of aryl methyl sites for hydroxylation is 1. The molecule has 0 atom stereocenters. The number of aromatic nitrogens is 1. The summed E-state index contributed by atoms with van der Waals surface area (Å²) in [6, 6.07) is 43.6. The Morgan fingerprint density at radius 3 is 2.00 bits per heavy atom. The molecular formula is C31H23N. The van der Waals surface area contributed by atoms with Gasteiger partial charge in [0.2, 0.25) is 0 Å². The zero-order valence-electron chi connectivity index (χ0n) is 18.0. The van der Waals surface area contributed by atoms with Crippen molar-refractivity contribution in [1.82, 2.24) is 4.57 Å². The number of fused-ring (bicyclic) bond motifs is 3. The monoisotopic (exact) mass is 409 g/mol. The summed E-state index contributed by atoms with van der Waals surface area (Å²) in [5.41, 5.74) is 9.92. The van der Waals surface area contributed by atoms with Crippen LogP contribution >= 0.6 is 0 Å². The van der Waals surface area contributed by atoms with Gasteiger partial charge in [-0.1, -0.05) is 103 Å². The Kier molecular flexibility index (Phi) is 4.40. The van der Waals surface area contributed by atoms with Gasteiger partial charge in [0.25, 0.3) is 0 Å². The molecule has 0 saturated carbocycles. The van der Waals surface area contributed by atoms with Crippen molar-refractivity contribution in [2.24, 2.45) is 0 Å². The van der Waals surface area contributed by atoms with Gasteiger partial charge in [0, 0.05) is 22.0 Å². The number of benzene rings is 5. The second-order valence-corrected chi connectivity index (χ2v) is 8.34. The highest BCUT2D eigenvalue weighted by molar-refractivity contribution is 6.14. The smallest absolute Gasteiger partial charge is 0.0619 e. The standard InChI is InChI=1S/C31H23N/c1-22-10-8-13-25(20-22)27-16-9-17-28-29-21-24(23-11-4-2-5-12-23)18-19-30(29)32(31(27)28)26-14-6-3-7-15-26/h2-21H,1H3. The van der Waals surface area contributed by atoms with E-state index in [1.807, 2.05) is 0 Å². The van der Waals surface area contributed by atoms with Crippen LogP contribution in [0.5, 0.6) is 0 Å². The van der Waals surface area contributed by atoms with Gasteiger partial charge < -0.3 is 4.57 Å². The van der Waals surface area contributed by atoms with E-state index in [-0.39, 0.29) is 0 Å². The highest BCUT2D eigenvalue weighted by Gasteiger charge is 2.17. The van der Waals surface area contributed by atoms with Crippen molar-refractivity contribution < 1.29 is 0 Å². The lowest BCUT2D eigenvalue weighted by atomic mass is 9.99. The summed E-state index contributed by atoms with van der Waals surface area (Å²) in [4.78, 5) is 0. The summed E-state index contributed by atoms with van der Waals surface area (Å²) >= 11 is 0. The molecule has 0 bridgehead atoms. The Bertz CT molecular complexity index is 1560. The maximum absolute atomic E-state index is 2.41. The Balaban J connectivity index is 1.73. The molecule has 0 aliphatic rings. The number of rotatable bonds is 3. The molecule has 0 amide bonds. The number of hydrogen-bond acceptors (Lipinski definition) is 0. The van der Waals surface area contributed by atoms with Crippen LogP contribution in [-0.2, 0) is 0 Å². The fourth-order valence-corrected chi connectivity index (χ4v) is 4.77. The van der Waals surface area contributed by atoms with Gasteiger partial charge in [-0.3, -0.25) is 0 Å². The van der Waals surface area contributed by atoms with Crippen LogP contribution in [0, 0.1) is 6.92 Å². The van der Waals surface area contributed by atoms with Crippen molar-refractivity contribution in [3.05, 3.63) is 127 Å². The van der Waals surface area contributed by atoms with E-state index in [0.717, 1.165) is 0 Å². The van der Waals surface area contributed by atoms with E-state index >= 15 is 0 Å². The van der Waals surface area contributed by atoms with Gasteiger partial charge in [0.05, 0.1) is 11.0 Å². The zero-order valence-corrected chi connectivity index (χ0v) is 18.0. The minimum absolute atomic E-state index is 1.18. The maximum atomic E-state index is 2.41. The lowest BCUT2D eigenvalue weighted by molar-refractivity contribution is 1.18. The highest BCUT2D eigenvalue weighted by atomic mass is 15.0. The number of hydrogen-bond donors (Lipinski definition) is 0. The average molecular weight is 410 g/mol. The van der Waals surface area contributed by atoms with E-state index in [2.05, 4.69) is 133 Å². The predicted molar refractivity (Wildman–Crippen MR) is 136 cm³/mol. The lowest BCUT2D eigenvalue weighted by Crippen LogP contribution is -1.95. The van der Waals surface area contributed by atoms with E-state index < -0.39 is 0 Å². The first kappa shape index (κ1) is 18.7. The molecule has 0 aliphatic carbocycles. The van der Waals surface area contributed by atoms with E-state index in [9.17, 15) is 0 Å². The van der Waals surface area contributed by atoms with E-state index in [0.29, 0.717) is 0 Å². The second-order valence-electron chi connectivity index (χ2n) is 8.34. The molecule has 0 aliphatic heterocycles. The Labute approximate surface area is 188 Å². The molecule has 6 rings (SSSR count). The topological polar surface area (TPSA) is 4.93 Å². The third kappa shape index (κ3) is 3.02. The first-order valence-electron chi connectivity index (χ1n) is 11.0. The first-order chi connectivity index (χ1) is 15.8. The zero-order chi connectivity index (χ0) is 21.5. The molecule has 0 N–H and O–H groups in total. The summed E-state index contributed by atoms with van der Waals surface area (Å²) in [6.45, 7) is 2.16. The molecule has 0 radical (unpaired) electrons. The van der Waals surface area contributed by atoms with Gasteiger partial charge in [-0.2, -0.15) is 0 Å². The maximum Gasteiger partial charge on any atom is 0.0619 e. The molecule has 0 fully saturated rings. The normalized spacial score (nSPS) is 11.3. The van der Waals surface area contributed by atoms with Crippen LogP contribution in [-0.4, -0.2) is 4.57 Å². The van der Waals surface area contributed by atoms with Crippen molar-refractivity contribution in [3.63, 3.8) is 0 Å². The van der Waals surface area contributed by atoms with E-state index in [1.165, 1.54) is 55.3 Å². The first-order valence-corrected chi connectivity index (χ1v) is 11.0. The van der Waals surface area contributed by atoms with E-state index in [4.69, 9.17) is 0 Å². The summed E-state index contributed by atoms with van der Waals surface area (Å²) in [6.07, 6.45) is 0. The van der Waals surface area contributed by atoms with Crippen LogP contribution in [0.4, 0.5) is 0 Å². The van der Waals surface area contributed by atoms with Crippen molar-refractivity contribution in [3.8, 4) is 27.9 Å². The van der Waals surface area contributed by atoms with Crippen LogP contribution in [0.2, 0.25) is 0 Å². The molecule has 0 saturated heterocycles. The fraction of sp³-hybridized carbons (Fsp3) is 0.0323. The van der Waals surface area contributed by atoms with Crippen molar-refractivity contribution >= 4 is 21.8 Å². The van der Waals surface area contributed by atoms with E-state index in [1.54, 1.807) is 0 Å².